The lowest BCUT2D eigenvalue weighted by Crippen LogP contribution is -2.38. The zero-order valence-electron chi connectivity index (χ0n) is 9.95. The number of rotatable bonds is 2. The van der Waals surface area contributed by atoms with Crippen molar-refractivity contribution in [2.75, 3.05) is 0 Å². The molecule has 2 heteroatoms. The summed E-state index contributed by atoms with van der Waals surface area (Å²) in [6, 6.07) is 0. The maximum atomic E-state index is 12.2. The second-order valence-electron chi connectivity index (χ2n) is 5.20. The van der Waals surface area contributed by atoms with Gasteiger partial charge in [0, 0.05) is 5.41 Å². The summed E-state index contributed by atoms with van der Waals surface area (Å²) < 4.78 is 0. The van der Waals surface area contributed by atoms with E-state index in [0.717, 1.165) is 6.42 Å². The summed E-state index contributed by atoms with van der Waals surface area (Å²) in [7, 11) is 0. The van der Waals surface area contributed by atoms with Gasteiger partial charge >= 0.3 is 0 Å². The Morgan fingerprint density at radius 1 is 1.47 bits per heavy atom. The Balaban J connectivity index is 2.98. The average molecular weight is 208 g/mol. The first-order chi connectivity index (χ1) is 6.78. The van der Waals surface area contributed by atoms with Gasteiger partial charge in [0.25, 0.3) is 0 Å². The van der Waals surface area contributed by atoms with Crippen molar-refractivity contribution in [1.82, 2.24) is 0 Å². The molecule has 0 fully saturated rings. The molecule has 84 valence electrons. The van der Waals surface area contributed by atoms with E-state index in [1.165, 1.54) is 0 Å². The van der Waals surface area contributed by atoms with Crippen molar-refractivity contribution in [2.45, 2.75) is 40.2 Å². The van der Waals surface area contributed by atoms with Crippen LogP contribution in [-0.2, 0) is 4.79 Å². The molecular weight excluding hydrogens is 188 g/mol. The number of carbonyl (C=O) groups is 1. The van der Waals surface area contributed by atoms with Gasteiger partial charge in [0.15, 0.2) is 5.78 Å². The van der Waals surface area contributed by atoms with Crippen LogP contribution in [0.5, 0.6) is 0 Å². The summed E-state index contributed by atoms with van der Waals surface area (Å²) >= 11 is 0. The second kappa shape index (κ2) is 3.93. The molecule has 1 aliphatic rings. The van der Waals surface area contributed by atoms with E-state index in [4.69, 9.17) is 0 Å². The lowest BCUT2D eigenvalue weighted by molar-refractivity contribution is -0.132. The van der Waals surface area contributed by atoms with Gasteiger partial charge < -0.3 is 5.11 Å². The van der Waals surface area contributed by atoms with E-state index in [0.29, 0.717) is 0 Å². The van der Waals surface area contributed by atoms with Crippen LogP contribution in [0.4, 0.5) is 0 Å². The highest BCUT2D eigenvalue weighted by Gasteiger charge is 2.40. The summed E-state index contributed by atoms with van der Waals surface area (Å²) in [5.41, 5.74) is -0.856. The van der Waals surface area contributed by atoms with Crippen LogP contribution >= 0.6 is 0 Å². The Bertz CT molecular complexity index is 310. The molecule has 0 amide bonds. The maximum absolute atomic E-state index is 12.2. The third kappa shape index (κ3) is 2.57. The average Bonchev–Trinajstić information content (AvgIpc) is 2.11. The highest BCUT2D eigenvalue weighted by Crippen LogP contribution is 2.39. The summed E-state index contributed by atoms with van der Waals surface area (Å²) in [4.78, 5) is 12.2. The number of carbonyl (C=O) groups excluding carboxylic acids is 1. The zero-order chi connectivity index (χ0) is 11.7. The van der Waals surface area contributed by atoms with Crippen molar-refractivity contribution in [3.63, 3.8) is 0 Å². The van der Waals surface area contributed by atoms with E-state index in [1.54, 1.807) is 19.1 Å². The first-order valence-corrected chi connectivity index (χ1v) is 5.38. The van der Waals surface area contributed by atoms with Gasteiger partial charge in [-0.15, -0.1) is 0 Å². The molecule has 15 heavy (non-hydrogen) atoms. The number of Topliss-reactive ketones (excluding diaryl/α,β-unsaturated/α-hetero) is 1. The zero-order valence-corrected chi connectivity index (χ0v) is 9.95. The largest absolute Gasteiger partial charge is 0.389 e. The van der Waals surface area contributed by atoms with Crippen molar-refractivity contribution >= 4 is 5.78 Å². The molecule has 0 aromatic rings. The Morgan fingerprint density at radius 3 is 2.60 bits per heavy atom. The van der Waals surface area contributed by atoms with E-state index >= 15 is 0 Å². The number of aliphatic hydroxyl groups is 1. The molecule has 0 saturated carbocycles. The van der Waals surface area contributed by atoms with E-state index in [1.807, 2.05) is 32.9 Å². The predicted octanol–water partition coefficient (Wildman–Crippen LogP) is 2.48. The molecule has 0 spiro atoms. The number of ketones is 1. The molecule has 0 saturated heterocycles. The fourth-order valence-corrected chi connectivity index (χ4v) is 1.97. The van der Waals surface area contributed by atoms with Crippen LogP contribution in [-0.4, -0.2) is 17.0 Å². The van der Waals surface area contributed by atoms with Crippen molar-refractivity contribution in [2.24, 2.45) is 10.8 Å². The fourth-order valence-electron chi connectivity index (χ4n) is 1.97. The lowest BCUT2D eigenvalue weighted by Gasteiger charge is -2.35. The van der Waals surface area contributed by atoms with Gasteiger partial charge in [0.1, 0.15) is 0 Å². The Kier molecular flexibility index (Phi) is 3.19. The predicted molar refractivity (Wildman–Crippen MR) is 61.5 cm³/mol. The van der Waals surface area contributed by atoms with E-state index in [9.17, 15) is 9.90 Å². The van der Waals surface area contributed by atoms with E-state index < -0.39 is 11.5 Å². The van der Waals surface area contributed by atoms with Crippen LogP contribution in [0.2, 0.25) is 0 Å². The molecular formula is C13H20O2. The molecule has 1 aliphatic carbocycles. The molecule has 0 aliphatic heterocycles. The van der Waals surface area contributed by atoms with Crippen LogP contribution in [0.25, 0.3) is 0 Å². The Labute approximate surface area is 91.7 Å². The molecule has 0 aromatic heterocycles. The summed E-state index contributed by atoms with van der Waals surface area (Å²) in [6.45, 7) is 7.51. The highest BCUT2D eigenvalue weighted by molar-refractivity contribution is 5.93. The second-order valence-corrected chi connectivity index (χ2v) is 5.20. The summed E-state index contributed by atoms with van der Waals surface area (Å²) in [6.07, 6.45) is 7.74. The van der Waals surface area contributed by atoms with Crippen molar-refractivity contribution in [3.8, 4) is 0 Å². The minimum absolute atomic E-state index is 0.217. The van der Waals surface area contributed by atoms with Crippen LogP contribution < -0.4 is 0 Å². The number of hydrogen-bond donors (Lipinski definition) is 1. The number of aliphatic hydroxyl groups excluding tert-OH is 1. The molecule has 2 atom stereocenters. The first-order valence-electron chi connectivity index (χ1n) is 5.38. The monoisotopic (exact) mass is 208 g/mol. The smallest absolute Gasteiger partial charge is 0.152 e. The molecule has 0 aromatic carbocycles. The van der Waals surface area contributed by atoms with Crippen molar-refractivity contribution in [1.29, 1.82) is 0 Å². The van der Waals surface area contributed by atoms with Gasteiger partial charge in [0.05, 0.1) is 11.5 Å². The quantitative estimate of drug-likeness (QED) is 0.708. The van der Waals surface area contributed by atoms with E-state index in [2.05, 4.69) is 0 Å². The number of hydrogen-bond acceptors (Lipinski definition) is 2. The third-order valence-electron chi connectivity index (χ3n) is 2.92. The minimum Gasteiger partial charge on any atom is -0.389 e. The summed E-state index contributed by atoms with van der Waals surface area (Å²) in [5.74, 6) is 0.217. The Hall–Kier alpha value is -0.890. The van der Waals surface area contributed by atoms with Crippen LogP contribution in [0.3, 0.4) is 0 Å². The van der Waals surface area contributed by atoms with Crippen LogP contribution in [0.1, 0.15) is 34.1 Å². The van der Waals surface area contributed by atoms with Gasteiger partial charge in [-0.25, -0.2) is 0 Å². The standard InChI is InChI=1S/C13H20O2/c1-10(14)6-9-13(4)8-5-7-12(2,3)11(13)15/h5-6,8-10,14H,7H2,1-4H3/b9-6+. The molecule has 2 nitrogen and oxygen atoms in total. The van der Waals surface area contributed by atoms with Gasteiger partial charge in [-0.3, -0.25) is 4.79 Å². The summed E-state index contributed by atoms with van der Waals surface area (Å²) in [5, 5.41) is 9.19. The van der Waals surface area contributed by atoms with Crippen molar-refractivity contribution < 1.29 is 9.90 Å². The normalized spacial score (nSPS) is 32.2. The maximum Gasteiger partial charge on any atom is 0.152 e. The SMILES string of the molecule is CC(O)/C=C/C1(C)C=CCC(C)(C)C1=O. The van der Waals surface area contributed by atoms with Gasteiger partial charge in [-0.05, 0) is 20.3 Å². The Morgan fingerprint density at radius 2 is 2.07 bits per heavy atom. The fraction of sp³-hybridized carbons (Fsp3) is 0.615. The molecule has 0 heterocycles. The van der Waals surface area contributed by atoms with E-state index in [-0.39, 0.29) is 11.2 Å². The van der Waals surface area contributed by atoms with Crippen LogP contribution in [0, 0.1) is 10.8 Å². The third-order valence-corrected chi connectivity index (χ3v) is 2.92. The van der Waals surface area contributed by atoms with Crippen molar-refractivity contribution in [3.05, 3.63) is 24.3 Å². The molecule has 1 rings (SSSR count). The molecule has 2 unspecified atom stereocenters. The lowest BCUT2D eigenvalue weighted by atomic mass is 9.67. The van der Waals surface area contributed by atoms with Gasteiger partial charge in [0.2, 0.25) is 0 Å². The molecule has 1 N–H and O–H groups in total. The number of allylic oxidation sites excluding steroid dienone is 3. The van der Waals surface area contributed by atoms with Gasteiger partial charge in [-0.1, -0.05) is 38.2 Å². The molecule has 0 bridgehead atoms. The van der Waals surface area contributed by atoms with Gasteiger partial charge in [-0.2, -0.15) is 0 Å². The first kappa shape index (κ1) is 12.2. The topological polar surface area (TPSA) is 37.3 Å². The molecule has 0 radical (unpaired) electrons. The minimum atomic E-state index is -0.557. The van der Waals surface area contributed by atoms with Crippen LogP contribution in [0.15, 0.2) is 24.3 Å². The highest BCUT2D eigenvalue weighted by atomic mass is 16.3.